The van der Waals surface area contributed by atoms with Crippen LogP contribution in [-0.2, 0) is 25.6 Å². The second-order valence-electron chi connectivity index (χ2n) is 9.55. The second-order valence-corrected chi connectivity index (χ2v) is 9.55. The summed E-state index contributed by atoms with van der Waals surface area (Å²) in [6, 6.07) is 14.7. The lowest BCUT2D eigenvalue weighted by Crippen LogP contribution is -2.57. The first kappa shape index (κ1) is 26.9. The third-order valence-electron chi connectivity index (χ3n) is 6.32. The van der Waals surface area contributed by atoms with E-state index in [2.05, 4.69) is 10.6 Å². The van der Waals surface area contributed by atoms with Crippen LogP contribution in [0.2, 0.25) is 0 Å². The SMILES string of the molecule is CC(=O)N[C@@H](C(=O)N1C[C@H](O)C[C@H]1C(=O)N[C@H](Cc1ccc(-c2ccccc2)cc1)C(N)=O)C(C)C. The van der Waals surface area contributed by atoms with Crippen molar-refractivity contribution in [2.75, 3.05) is 6.54 Å². The number of hydrogen-bond acceptors (Lipinski definition) is 5. The summed E-state index contributed by atoms with van der Waals surface area (Å²) in [4.78, 5) is 51.4. The van der Waals surface area contributed by atoms with Crippen LogP contribution in [0.1, 0.15) is 32.8 Å². The third-order valence-corrected chi connectivity index (χ3v) is 6.32. The zero-order valence-electron chi connectivity index (χ0n) is 20.8. The minimum absolute atomic E-state index is 0.0275. The molecule has 9 heteroatoms. The summed E-state index contributed by atoms with van der Waals surface area (Å²) < 4.78 is 0. The van der Waals surface area contributed by atoms with Crippen molar-refractivity contribution in [3.63, 3.8) is 0 Å². The highest BCUT2D eigenvalue weighted by molar-refractivity contribution is 5.94. The smallest absolute Gasteiger partial charge is 0.246 e. The highest BCUT2D eigenvalue weighted by atomic mass is 16.3. The summed E-state index contributed by atoms with van der Waals surface area (Å²) in [6.45, 7) is 4.84. The van der Waals surface area contributed by atoms with Crippen molar-refractivity contribution >= 4 is 23.6 Å². The van der Waals surface area contributed by atoms with Gasteiger partial charge in [0, 0.05) is 26.3 Å². The van der Waals surface area contributed by atoms with Crippen LogP contribution >= 0.6 is 0 Å². The second kappa shape index (κ2) is 11.8. The lowest BCUT2D eigenvalue weighted by molar-refractivity contribution is -0.142. The fraction of sp³-hybridized carbons (Fsp3) is 0.407. The fourth-order valence-corrected chi connectivity index (χ4v) is 4.41. The van der Waals surface area contributed by atoms with Crippen molar-refractivity contribution in [1.29, 1.82) is 0 Å². The number of likely N-dealkylation sites (tertiary alicyclic amines) is 1. The Hall–Kier alpha value is -3.72. The van der Waals surface area contributed by atoms with E-state index in [9.17, 15) is 24.3 Å². The van der Waals surface area contributed by atoms with E-state index in [4.69, 9.17) is 5.73 Å². The van der Waals surface area contributed by atoms with Crippen LogP contribution < -0.4 is 16.4 Å². The number of carbonyl (C=O) groups excluding carboxylic acids is 4. The number of aliphatic hydroxyl groups excluding tert-OH is 1. The molecular formula is C27H34N4O5. The molecule has 0 radical (unpaired) electrons. The number of nitrogens with one attached hydrogen (secondary N) is 2. The summed E-state index contributed by atoms with van der Waals surface area (Å²) in [5, 5.41) is 15.5. The van der Waals surface area contributed by atoms with Crippen LogP contribution in [0, 0.1) is 5.92 Å². The Kier molecular flexibility index (Phi) is 8.82. The van der Waals surface area contributed by atoms with E-state index in [1.165, 1.54) is 11.8 Å². The summed E-state index contributed by atoms with van der Waals surface area (Å²) in [5.74, 6) is -2.32. The monoisotopic (exact) mass is 494 g/mol. The average molecular weight is 495 g/mol. The number of β-amino-alcohol motifs (C(OH)–C–C–N with tert-alkyl or cyclic N) is 1. The van der Waals surface area contributed by atoms with Crippen LogP contribution in [0.25, 0.3) is 11.1 Å². The molecule has 1 saturated heterocycles. The highest BCUT2D eigenvalue weighted by Gasteiger charge is 2.42. The third kappa shape index (κ3) is 6.69. The Morgan fingerprint density at radius 1 is 1.00 bits per heavy atom. The van der Waals surface area contributed by atoms with Gasteiger partial charge in [-0.15, -0.1) is 0 Å². The topological polar surface area (TPSA) is 142 Å². The molecule has 5 N–H and O–H groups in total. The standard InChI is InChI=1S/C27H34N4O5/c1-16(2)24(29-17(3)32)27(36)31-15-21(33)14-23(31)26(35)30-22(25(28)34)13-18-9-11-20(12-10-18)19-7-5-4-6-8-19/h4-12,16,21-24,33H,13-15H2,1-3H3,(H2,28,34)(H,29,32)(H,30,35)/t21-,22-,23+,24-/m1/s1. The number of aliphatic hydroxyl groups is 1. The maximum atomic E-state index is 13.2. The molecule has 0 aliphatic carbocycles. The molecule has 0 aromatic heterocycles. The van der Waals surface area contributed by atoms with Crippen LogP contribution in [-0.4, -0.2) is 64.4 Å². The first-order chi connectivity index (χ1) is 17.1. The van der Waals surface area contributed by atoms with E-state index in [0.717, 1.165) is 16.7 Å². The highest BCUT2D eigenvalue weighted by Crippen LogP contribution is 2.22. The predicted octanol–water partition coefficient (Wildman–Crippen LogP) is 0.989. The Morgan fingerprint density at radius 2 is 1.61 bits per heavy atom. The molecule has 1 heterocycles. The van der Waals surface area contributed by atoms with Gasteiger partial charge < -0.3 is 26.4 Å². The van der Waals surface area contributed by atoms with Crippen molar-refractivity contribution in [3.8, 4) is 11.1 Å². The summed E-state index contributed by atoms with van der Waals surface area (Å²) >= 11 is 0. The average Bonchev–Trinajstić information content (AvgIpc) is 3.24. The van der Waals surface area contributed by atoms with Gasteiger partial charge in [-0.25, -0.2) is 0 Å². The molecule has 9 nitrogen and oxygen atoms in total. The van der Waals surface area contributed by atoms with Gasteiger partial charge in [0.15, 0.2) is 0 Å². The van der Waals surface area contributed by atoms with E-state index >= 15 is 0 Å². The number of nitrogens with two attached hydrogens (primary N) is 1. The van der Waals surface area contributed by atoms with Gasteiger partial charge >= 0.3 is 0 Å². The Labute approximate surface area is 211 Å². The van der Waals surface area contributed by atoms with Crippen LogP contribution in [0.3, 0.4) is 0 Å². The molecule has 36 heavy (non-hydrogen) atoms. The first-order valence-electron chi connectivity index (χ1n) is 12.1. The van der Waals surface area contributed by atoms with E-state index < -0.39 is 42.0 Å². The number of hydrogen-bond donors (Lipinski definition) is 4. The van der Waals surface area contributed by atoms with Crippen LogP contribution in [0.5, 0.6) is 0 Å². The molecule has 2 aromatic carbocycles. The lowest BCUT2D eigenvalue weighted by Gasteiger charge is -2.30. The van der Waals surface area contributed by atoms with E-state index in [1.54, 1.807) is 13.8 Å². The molecule has 2 aromatic rings. The number of amides is 4. The van der Waals surface area contributed by atoms with Crippen molar-refractivity contribution in [1.82, 2.24) is 15.5 Å². The van der Waals surface area contributed by atoms with Gasteiger partial charge in [-0.1, -0.05) is 68.4 Å². The molecule has 1 aliphatic heterocycles. The predicted molar refractivity (Wildman–Crippen MR) is 135 cm³/mol. The molecule has 0 bridgehead atoms. The Morgan fingerprint density at radius 3 is 2.17 bits per heavy atom. The van der Waals surface area contributed by atoms with Gasteiger partial charge in [0.1, 0.15) is 18.1 Å². The number of benzene rings is 2. The van der Waals surface area contributed by atoms with Gasteiger partial charge in [-0.05, 0) is 22.6 Å². The molecule has 1 aliphatic rings. The number of carbonyl (C=O) groups is 4. The zero-order valence-corrected chi connectivity index (χ0v) is 20.8. The number of rotatable bonds is 9. The van der Waals surface area contributed by atoms with Crippen LogP contribution in [0.15, 0.2) is 54.6 Å². The number of nitrogens with zero attached hydrogens (tertiary/aromatic N) is 1. The van der Waals surface area contributed by atoms with Crippen molar-refractivity contribution in [2.24, 2.45) is 11.7 Å². The normalized spacial score (nSPS) is 19.0. The van der Waals surface area contributed by atoms with Gasteiger partial charge in [0.05, 0.1) is 6.10 Å². The Bertz CT molecular complexity index is 1090. The molecule has 3 rings (SSSR count). The van der Waals surface area contributed by atoms with Crippen molar-refractivity contribution in [3.05, 3.63) is 60.2 Å². The maximum absolute atomic E-state index is 13.2. The first-order valence-corrected chi connectivity index (χ1v) is 12.1. The molecule has 4 atom stereocenters. The largest absolute Gasteiger partial charge is 0.391 e. The molecule has 0 spiro atoms. The molecule has 0 saturated carbocycles. The lowest BCUT2D eigenvalue weighted by atomic mass is 10.00. The van der Waals surface area contributed by atoms with Crippen molar-refractivity contribution < 1.29 is 24.3 Å². The Balaban J connectivity index is 1.71. The van der Waals surface area contributed by atoms with E-state index in [1.807, 2.05) is 54.6 Å². The van der Waals surface area contributed by atoms with E-state index in [0.29, 0.717) is 0 Å². The van der Waals surface area contributed by atoms with Gasteiger partial charge in [-0.2, -0.15) is 0 Å². The molecule has 4 amide bonds. The molecule has 192 valence electrons. The van der Waals surface area contributed by atoms with Gasteiger partial charge in [-0.3, -0.25) is 19.2 Å². The number of primary amides is 1. The molecule has 1 fully saturated rings. The molecular weight excluding hydrogens is 460 g/mol. The maximum Gasteiger partial charge on any atom is 0.246 e. The summed E-state index contributed by atoms with van der Waals surface area (Å²) in [6.07, 6.45) is -0.688. The summed E-state index contributed by atoms with van der Waals surface area (Å²) in [5.41, 5.74) is 8.48. The fourth-order valence-electron chi connectivity index (χ4n) is 4.41. The van der Waals surface area contributed by atoms with Gasteiger partial charge in [0.25, 0.3) is 0 Å². The quantitative estimate of drug-likeness (QED) is 0.411. The minimum atomic E-state index is -0.994. The summed E-state index contributed by atoms with van der Waals surface area (Å²) in [7, 11) is 0. The zero-order chi connectivity index (χ0) is 26.4. The van der Waals surface area contributed by atoms with Crippen molar-refractivity contribution in [2.45, 2.75) is 57.8 Å². The molecule has 0 unspecified atom stereocenters. The van der Waals surface area contributed by atoms with E-state index in [-0.39, 0.29) is 31.2 Å². The van der Waals surface area contributed by atoms with Gasteiger partial charge in [0.2, 0.25) is 23.6 Å². The van der Waals surface area contributed by atoms with Crippen LogP contribution in [0.4, 0.5) is 0 Å². The minimum Gasteiger partial charge on any atom is -0.391 e.